The SMILES string of the molecule is Cc1cccc(CNC(=O)c2ccc(N3CC(O)=C(c4nc5ccccc5s4)C3=N)cc2)c1. The van der Waals surface area contributed by atoms with Crippen molar-refractivity contribution in [2.75, 3.05) is 11.4 Å². The highest BCUT2D eigenvalue weighted by atomic mass is 32.1. The number of carbonyl (C=O) groups excluding carboxylic acids is 1. The summed E-state index contributed by atoms with van der Waals surface area (Å²) in [5, 5.41) is 22.8. The van der Waals surface area contributed by atoms with Crippen molar-refractivity contribution in [3.63, 3.8) is 0 Å². The first-order valence-electron chi connectivity index (χ1n) is 10.6. The Labute approximate surface area is 195 Å². The van der Waals surface area contributed by atoms with Crippen molar-refractivity contribution < 1.29 is 9.90 Å². The Hall–Kier alpha value is -3.97. The topological polar surface area (TPSA) is 89.3 Å². The molecule has 0 saturated carbocycles. The summed E-state index contributed by atoms with van der Waals surface area (Å²) in [5.41, 5.74) is 4.79. The Balaban J connectivity index is 1.29. The normalized spacial score (nSPS) is 13.7. The molecule has 1 aliphatic heterocycles. The van der Waals surface area contributed by atoms with Gasteiger partial charge >= 0.3 is 0 Å². The van der Waals surface area contributed by atoms with E-state index in [1.807, 2.05) is 55.5 Å². The van der Waals surface area contributed by atoms with Gasteiger partial charge in [-0.25, -0.2) is 4.98 Å². The van der Waals surface area contributed by atoms with E-state index in [4.69, 9.17) is 5.41 Å². The zero-order valence-corrected chi connectivity index (χ0v) is 18.8. The smallest absolute Gasteiger partial charge is 0.251 e. The van der Waals surface area contributed by atoms with Crippen LogP contribution in [0.25, 0.3) is 15.8 Å². The van der Waals surface area contributed by atoms with E-state index in [0.717, 1.165) is 27.0 Å². The Morgan fingerprint density at radius 3 is 2.67 bits per heavy atom. The molecule has 164 valence electrons. The monoisotopic (exact) mass is 454 g/mol. The van der Waals surface area contributed by atoms with Crippen molar-refractivity contribution >= 4 is 44.6 Å². The third-order valence-corrected chi connectivity index (χ3v) is 6.64. The molecule has 0 saturated heterocycles. The van der Waals surface area contributed by atoms with Crippen molar-refractivity contribution in [3.05, 3.63) is 100 Å². The number of nitrogens with one attached hydrogen (secondary N) is 2. The molecule has 0 unspecified atom stereocenters. The molecule has 0 atom stereocenters. The molecule has 0 aliphatic carbocycles. The second kappa shape index (κ2) is 8.52. The molecule has 0 spiro atoms. The molecule has 1 amide bonds. The van der Waals surface area contributed by atoms with Crippen LogP contribution in [0.5, 0.6) is 0 Å². The molecular weight excluding hydrogens is 432 g/mol. The van der Waals surface area contributed by atoms with Gasteiger partial charge in [-0.3, -0.25) is 10.2 Å². The summed E-state index contributed by atoms with van der Waals surface area (Å²) in [7, 11) is 0. The molecule has 0 bridgehead atoms. The number of rotatable bonds is 5. The maximum atomic E-state index is 12.6. The number of anilines is 1. The number of aromatic nitrogens is 1. The number of fused-ring (bicyclic) bond motifs is 1. The maximum absolute atomic E-state index is 12.6. The molecule has 5 rings (SSSR count). The summed E-state index contributed by atoms with van der Waals surface area (Å²) >= 11 is 1.46. The van der Waals surface area contributed by atoms with E-state index in [0.29, 0.717) is 22.7 Å². The molecule has 0 fully saturated rings. The highest BCUT2D eigenvalue weighted by Crippen LogP contribution is 2.35. The summed E-state index contributed by atoms with van der Waals surface area (Å²) < 4.78 is 1.01. The van der Waals surface area contributed by atoms with Crippen LogP contribution in [-0.2, 0) is 6.54 Å². The van der Waals surface area contributed by atoms with Crippen molar-refractivity contribution in [1.29, 1.82) is 5.41 Å². The number of thiazole rings is 1. The van der Waals surface area contributed by atoms with Crippen molar-refractivity contribution in [2.45, 2.75) is 13.5 Å². The number of aliphatic hydroxyl groups excluding tert-OH is 1. The van der Waals surface area contributed by atoms with E-state index in [2.05, 4.69) is 10.3 Å². The van der Waals surface area contributed by atoms with Gasteiger partial charge in [-0.15, -0.1) is 11.3 Å². The van der Waals surface area contributed by atoms with Crippen molar-refractivity contribution in [1.82, 2.24) is 10.3 Å². The van der Waals surface area contributed by atoms with Crippen LogP contribution in [0.15, 0.2) is 78.6 Å². The molecule has 1 aromatic heterocycles. The number of amidine groups is 1. The molecule has 2 heterocycles. The standard InChI is InChI=1S/C26H22N4O2S/c1-16-5-4-6-17(13-16)14-28-25(32)18-9-11-19(12-10-18)30-15-21(31)23(24(30)27)26-29-20-7-2-3-8-22(20)33-26/h2-13,27,31H,14-15H2,1H3,(H,28,32). The lowest BCUT2D eigenvalue weighted by Crippen LogP contribution is -2.26. The Bertz CT molecular complexity index is 1370. The summed E-state index contributed by atoms with van der Waals surface area (Å²) in [4.78, 5) is 18.9. The minimum atomic E-state index is -0.157. The predicted octanol–water partition coefficient (Wildman–Crippen LogP) is 5.30. The average molecular weight is 455 g/mol. The van der Waals surface area contributed by atoms with E-state index >= 15 is 0 Å². The average Bonchev–Trinajstić information content (AvgIpc) is 3.37. The van der Waals surface area contributed by atoms with Crippen LogP contribution in [0.4, 0.5) is 5.69 Å². The molecule has 3 N–H and O–H groups in total. The highest BCUT2D eigenvalue weighted by Gasteiger charge is 2.31. The lowest BCUT2D eigenvalue weighted by Gasteiger charge is -2.19. The first-order valence-corrected chi connectivity index (χ1v) is 11.4. The second-order valence-corrected chi connectivity index (χ2v) is 8.99. The number of hydrogen-bond acceptors (Lipinski definition) is 5. The first kappa shape index (κ1) is 20.9. The maximum Gasteiger partial charge on any atom is 0.251 e. The van der Waals surface area contributed by atoms with Crippen LogP contribution in [-0.4, -0.2) is 28.4 Å². The fourth-order valence-electron chi connectivity index (χ4n) is 3.90. The predicted molar refractivity (Wildman–Crippen MR) is 133 cm³/mol. The van der Waals surface area contributed by atoms with E-state index in [1.165, 1.54) is 11.3 Å². The number of amides is 1. The van der Waals surface area contributed by atoms with Gasteiger partial charge in [0.25, 0.3) is 5.91 Å². The summed E-state index contributed by atoms with van der Waals surface area (Å²) in [6.45, 7) is 2.68. The Morgan fingerprint density at radius 2 is 1.91 bits per heavy atom. The van der Waals surface area contributed by atoms with Gasteiger partial charge in [0.1, 0.15) is 16.6 Å². The van der Waals surface area contributed by atoms with Crippen LogP contribution in [0, 0.1) is 12.3 Å². The van der Waals surface area contributed by atoms with Crippen molar-refractivity contribution in [3.8, 4) is 0 Å². The number of hydrogen-bond donors (Lipinski definition) is 3. The minimum absolute atomic E-state index is 0.124. The largest absolute Gasteiger partial charge is 0.510 e. The number of benzene rings is 3. The van der Waals surface area contributed by atoms with Crippen LogP contribution < -0.4 is 10.2 Å². The van der Waals surface area contributed by atoms with Gasteiger partial charge in [-0.05, 0) is 48.9 Å². The molecule has 3 aromatic carbocycles. The zero-order chi connectivity index (χ0) is 22.9. The molecule has 1 aliphatic rings. The second-order valence-electron chi connectivity index (χ2n) is 7.96. The van der Waals surface area contributed by atoms with E-state index < -0.39 is 0 Å². The number of carbonyl (C=O) groups is 1. The van der Waals surface area contributed by atoms with Gasteiger partial charge in [0.2, 0.25) is 0 Å². The molecule has 33 heavy (non-hydrogen) atoms. The van der Waals surface area contributed by atoms with Gasteiger partial charge in [0.05, 0.1) is 22.3 Å². The quantitative estimate of drug-likeness (QED) is 0.382. The van der Waals surface area contributed by atoms with Crippen LogP contribution in [0.1, 0.15) is 26.5 Å². The number of aliphatic hydroxyl groups is 1. The van der Waals surface area contributed by atoms with Gasteiger partial charge in [-0.2, -0.15) is 0 Å². The summed E-state index contributed by atoms with van der Waals surface area (Å²) in [6, 6.07) is 22.9. The van der Waals surface area contributed by atoms with Crippen LogP contribution in [0.3, 0.4) is 0 Å². The van der Waals surface area contributed by atoms with Crippen LogP contribution in [0.2, 0.25) is 0 Å². The fourth-order valence-corrected chi connectivity index (χ4v) is 4.94. The summed E-state index contributed by atoms with van der Waals surface area (Å²) in [5.74, 6) is 0.165. The van der Waals surface area contributed by atoms with Gasteiger partial charge < -0.3 is 15.3 Å². The molecule has 4 aromatic rings. The third-order valence-electron chi connectivity index (χ3n) is 5.59. The minimum Gasteiger partial charge on any atom is -0.510 e. The lowest BCUT2D eigenvalue weighted by atomic mass is 10.1. The van der Waals surface area contributed by atoms with E-state index in [9.17, 15) is 9.90 Å². The molecule has 0 radical (unpaired) electrons. The number of nitrogens with zero attached hydrogens (tertiary/aromatic N) is 2. The first-order chi connectivity index (χ1) is 16.0. The van der Waals surface area contributed by atoms with Gasteiger partial charge in [0.15, 0.2) is 0 Å². The third kappa shape index (κ3) is 4.10. The zero-order valence-electron chi connectivity index (χ0n) is 18.0. The number of aryl methyl sites for hydroxylation is 1. The van der Waals surface area contributed by atoms with E-state index in [1.54, 1.807) is 29.2 Å². The highest BCUT2D eigenvalue weighted by molar-refractivity contribution is 7.19. The van der Waals surface area contributed by atoms with E-state index in [-0.39, 0.29) is 24.0 Å². The Kier molecular flexibility index (Phi) is 5.40. The lowest BCUT2D eigenvalue weighted by molar-refractivity contribution is 0.0951. The molecule has 6 nitrogen and oxygen atoms in total. The Morgan fingerprint density at radius 1 is 1.12 bits per heavy atom. The van der Waals surface area contributed by atoms with Gasteiger partial charge in [0, 0.05) is 17.8 Å². The molecule has 7 heteroatoms. The number of para-hydroxylation sites is 1. The fraction of sp³-hybridized carbons (Fsp3) is 0.115. The van der Waals surface area contributed by atoms with Gasteiger partial charge in [-0.1, -0.05) is 42.0 Å². The van der Waals surface area contributed by atoms with Crippen molar-refractivity contribution in [2.24, 2.45) is 0 Å². The van der Waals surface area contributed by atoms with Crippen LogP contribution >= 0.6 is 11.3 Å². The summed E-state index contributed by atoms with van der Waals surface area (Å²) in [6.07, 6.45) is 0. The molecular formula is C26H22N4O2S.